The second-order valence-corrected chi connectivity index (χ2v) is 7.63. The van der Waals surface area contributed by atoms with Gasteiger partial charge in [-0.15, -0.1) is 0 Å². The first kappa shape index (κ1) is 17.0. The Morgan fingerprint density at radius 2 is 1.30 bits per heavy atom. The smallest absolute Gasteiger partial charge is 0.235 e. The minimum Gasteiger partial charge on any atom is -0.278 e. The molecule has 0 fully saturated rings. The van der Waals surface area contributed by atoms with E-state index in [1.165, 1.54) is 16.2 Å². The molecule has 0 saturated carbocycles. The van der Waals surface area contributed by atoms with Gasteiger partial charge < -0.3 is 0 Å². The molecular formula is C26H18BN3. The molecule has 140 valence electrons. The molecule has 4 aromatic carbocycles. The van der Waals surface area contributed by atoms with Gasteiger partial charge in [0.05, 0.1) is 22.2 Å². The predicted octanol–water partition coefficient (Wildman–Crippen LogP) is 4.65. The largest absolute Gasteiger partial charge is 0.278 e. The number of rotatable bonds is 2. The summed E-state index contributed by atoms with van der Waals surface area (Å²) in [7, 11) is 2.12. The van der Waals surface area contributed by atoms with E-state index in [1.807, 2.05) is 18.2 Å². The molecule has 30 heavy (non-hydrogen) atoms. The van der Waals surface area contributed by atoms with Crippen LogP contribution in [0.25, 0.3) is 49.9 Å². The fraction of sp³-hybridized carbons (Fsp3) is 0. The van der Waals surface area contributed by atoms with Gasteiger partial charge in [0.2, 0.25) is 5.95 Å². The number of fused-ring (bicyclic) bond motifs is 4. The van der Waals surface area contributed by atoms with Crippen molar-refractivity contribution in [3.8, 4) is 17.2 Å². The van der Waals surface area contributed by atoms with E-state index in [2.05, 4.69) is 91.3 Å². The Morgan fingerprint density at radius 3 is 2.17 bits per heavy atom. The van der Waals surface area contributed by atoms with E-state index in [-0.39, 0.29) is 0 Å². The maximum atomic E-state index is 5.10. The molecule has 6 aromatic rings. The van der Waals surface area contributed by atoms with Gasteiger partial charge in [-0.25, -0.2) is 9.97 Å². The first-order chi connectivity index (χ1) is 14.8. The van der Waals surface area contributed by atoms with Crippen LogP contribution in [0.5, 0.6) is 0 Å². The Labute approximate surface area is 175 Å². The monoisotopic (exact) mass is 383 g/mol. The van der Waals surface area contributed by atoms with Gasteiger partial charge in [0.1, 0.15) is 7.85 Å². The summed E-state index contributed by atoms with van der Waals surface area (Å²) in [5.74, 6) is 0.698. The van der Waals surface area contributed by atoms with E-state index >= 15 is 0 Å². The van der Waals surface area contributed by atoms with Crippen LogP contribution in [-0.4, -0.2) is 22.4 Å². The summed E-state index contributed by atoms with van der Waals surface area (Å²) in [6.07, 6.45) is 0. The van der Waals surface area contributed by atoms with Crippen molar-refractivity contribution in [2.24, 2.45) is 0 Å². The number of para-hydroxylation sites is 2. The fourth-order valence-electron chi connectivity index (χ4n) is 4.28. The molecule has 0 radical (unpaired) electrons. The highest BCUT2D eigenvalue weighted by Gasteiger charge is 2.16. The molecule has 0 amide bonds. The lowest BCUT2D eigenvalue weighted by molar-refractivity contribution is 1.01. The maximum absolute atomic E-state index is 5.10. The number of benzene rings is 4. The van der Waals surface area contributed by atoms with E-state index in [1.54, 1.807) is 0 Å². The lowest BCUT2D eigenvalue weighted by Crippen LogP contribution is -2.06. The minimum absolute atomic E-state index is 0.698. The summed E-state index contributed by atoms with van der Waals surface area (Å²) in [6.45, 7) is 0. The number of hydrogen-bond donors (Lipinski definition) is 0. The van der Waals surface area contributed by atoms with Crippen molar-refractivity contribution in [1.82, 2.24) is 14.5 Å². The third-order valence-corrected chi connectivity index (χ3v) is 5.67. The zero-order chi connectivity index (χ0) is 20.1. The van der Waals surface area contributed by atoms with Crippen molar-refractivity contribution < 1.29 is 0 Å². The number of nitrogens with zero attached hydrogens (tertiary/aromatic N) is 3. The van der Waals surface area contributed by atoms with Crippen molar-refractivity contribution in [2.45, 2.75) is 0 Å². The topological polar surface area (TPSA) is 30.7 Å². The number of aromatic nitrogens is 3. The first-order valence-corrected chi connectivity index (χ1v) is 10.1. The highest BCUT2D eigenvalue weighted by Crippen LogP contribution is 2.32. The van der Waals surface area contributed by atoms with Gasteiger partial charge >= 0.3 is 0 Å². The number of hydrogen-bond acceptors (Lipinski definition) is 2. The van der Waals surface area contributed by atoms with Crippen LogP contribution in [-0.2, 0) is 0 Å². The zero-order valence-electron chi connectivity index (χ0n) is 16.6. The lowest BCUT2D eigenvalue weighted by Gasteiger charge is -2.11. The Kier molecular flexibility index (Phi) is 3.72. The summed E-state index contributed by atoms with van der Waals surface area (Å²) in [4.78, 5) is 10.1. The quantitative estimate of drug-likeness (QED) is 0.408. The Balaban J connectivity index is 1.76. The van der Waals surface area contributed by atoms with E-state index in [4.69, 9.17) is 9.97 Å². The van der Waals surface area contributed by atoms with Gasteiger partial charge in [-0.1, -0.05) is 84.3 Å². The second-order valence-electron chi connectivity index (χ2n) is 7.63. The SMILES string of the molecule is Bc1ccc2c3ccccc3n(-c3nc(-c4ccccc4)c4ccccc4n3)c2c1. The first-order valence-electron chi connectivity index (χ1n) is 10.1. The van der Waals surface area contributed by atoms with Crippen LogP contribution in [0.3, 0.4) is 0 Å². The van der Waals surface area contributed by atoms with Gasteiger partial charge in [0.15, 0.2) is 0 Å². The Hall–Kier alpha value is -3.92. The molecule has 0 aliphatic carbocycles. The van der Waals surface area contributed by atoms with E-state index < -0.39 is 0 Å². The molecule has 0 atom stereocenters. The molecule has 6 rings (SSSR count). The van der Waals surface area contributed by atoms with Crippen LogP contribution in [0.1, 0.15) is 0 Å². The van der Waals surface area contributed by atoms with E-state index in [0.717, 1.165) is 33.2 Å². The summed E-state index contributed by atoms with van der Waals surface area (Å²) in [5.41, 5.74) is 6.46. The van der Waals surface area contributed by atoms with Crippen LogP contribution < -0.4 is 5.46 Å². The van der Waals surface area contributed by atoms with Crippen LogP contribution >= 0.6 is 0 Å². The summed E-state index contributed by atoms with van der Waals surface area (Å²) in [6, 6.07) is 33.6. The van der Waals surface area contributed by atoms with Crippen LogP contribution in [0, 0.1) is 0 Å². The predicted molar refractivity (Wildman–Crippen MR) is 127 cm³/mol. The molecule has 0 bridgehead atoms. The van der Waals surface area contributed by atoms with E-state index in [9.17, 15) is 0 Å². The van der Waals surface area contributed by atoms with E-state index in [0.29, 0.717) is 5.95 Å². The molecule has 0 unspecified atom stereocenters. The molecule has 2 heterocycles. The molecule has 0 aliphatic heterocycles. The summed E-state index contributed by atoms with van der Waals surface area (Å²) >= 11 is 0. The van der Waals surface area contributed by atoms with Gasteiger partial charge in [0.25, 0.3) is 0 Å². The third kappa shape index (κ3) is 2.54. The maximum Gasteiger partial charge on any atom is 0.235 e. The lowest BCUT2D eigenvalue weighted by atomic mass is 9.95. The molecule has 2 aromatic heterocycles. The summed E-state index contributed by atoms with van der Waals surface area (Å²) in [5, 5.41) is 3.49. The Morgan fingerprint density at radius 1 is 0.600 bits per heavy atom. The van der Waals surface area contributed by atoms with Crippen molar-refractivity contribution in [1.29, 1.82) is 0 Å². The molecule has 0 N–H and O–H groups in total. The zero-order valence-corrected chi connectivity index (χ0v) is 16.6. The average Bonchev–Trinajstić information content (AvgIpc) is 3.12. The van der Waals surface area contributed by atoms with Crippen molar-refractivity contribution in [3.05, 3.63) is 97.1 Å². The van der Waals surface area contributed by atoms with Gasteiger partial charge in [-0.05, 0) is 18.2 Å². The standard InChI is InChI=1S/C26H18BN3/c27-18-14-15-20-19-10-5-7-13-23(19)30(24(20)16-18)26-28-22-12-6-4-11-21(22)25(29-26)17-8-2-1-3-9-17/h1-16H,27H2. The molecule has 0 spiro atoms. The van der Waals surface area contributed by atoms with Crippen molar-refractivity contribution in [2.75, 3.05) is 0 Å². The highest BCUT2D eigenvalue weighted by molar-refractivity contribution is 6.33. The average molecular weight is 383 g/mol. The molecule has 3 nitrogen and oxygen atoms in total. The molecule has 0 saturated heterocycles. The second kappa shape index (κ2) is 6.56. The summed E-state index contributed by atoms with van der Waals surface area (Å²) < 4.78 is 2.19. The third-order valence-electron chi connectivity index (χ3n) is 5.67. The van der Waals surface area contributed by atoms with Gasteiger partial charge in [-0.2, -0.15) is 0 Å². The normalized spacial score (nSPS) is 11.5. The van der Waals surface area contributed by atoms with Gasteiger partial charge in [0, 0.05) is 21.7 Å². The highest BCUT2D eigenvalue weighted by atomic mass is 15.2. The van der Waals surface area contributed by atoms with Crippen LogP contribution in [0.4, 0.5) is 0 Å². The van der Waals surface area contributed by atoms with Crippen LogP contribution in [0.2, 0.25) is 0 Å². The molecule has 4 heteroatoms. The van der Waals surface area contributed by atoms with Crippen molar-refractivity contribution in [3.63, 3.8) is 0 Å². The minimum atomic E-state index is 0.698. The molecular weight excluding hydrogens is 365 g/mol. The Bertz CT molecular complexity index is 1550. The fourth-order valence-corrected chi connectivity index (χ4v) is 4.28. The van der Waals surface area contributed by atoms with Crippen molar-refractivity contribution >= 4 is 46.0 Å². The van der Waals surface area contributed by atoms with Crippen LogP contribution in [0.15, 0.2) is 97.1 Å². The molecule has 0 aliphatic rings. The van der Waals surface area contributed by atoms with Gasteiger partial charge in [-0.3, -0.25) is 4.57 Å².